The highest BCUT2D eigenvalue weighted by Crippen LogP contribution is 2.32. The molecular formula is C26H22ClN3O4. The fourth-order valence-electron chi connectivity index (χ4n) is 3.90. The fraction of sp³-hybridized carbons (Fsp3) is 0.192. The largest absolute Gasteiger partial charge is 0.497 e. The summed E-state index contributed by atoms with van der Waals surface area (Å²) in [5.41, 5.74) is 4.33. The molecule has 5 rings (SSSR count). The van der Waals surface area contributed by atoms with E-state index in [4.69, 9.17) is 25.8 Å². The van der Waals surface area contributed by atoms with Crippen LogP contribution in [0.4, 0.5) is 0 Å². The number of halogens is 1. The lowest BCUT2D eigenvalue weighted by Crippen LogP contribution is -2.28. The lowest BCUT2D eigenvalue weighted by molar-refractivity contribution is 0.290. The van der Waals surface area contributed by atoms with E-state index in [0.717, 1.165) is 40.1 Å². The zero-order valence-electron chi connectivity index (χ0n) is 18.7. The Bertz CT molecular complexity index is 1420. The van der Waals surface area contributed by atoms with Crippen LogP contribution in [-0.4, -0.2) is 21.6 Å². The molecule has 7 nitrogen and oxygen atoms in total. The molecule has 4 aromatic rings. The molecule has 0 N–H and O–H groups in total. The maximum Gasteiger partial charge on any atom is 0.351 e. The van der Waals surface area contributed by atoms with Gasteiger partial charge in [-0.3, -0.25) is 4.57 Å². The van der Waals surface area contributed by atoms with Crippen molar-refractivity contribution >= 4 is 11.6 Å². The predicted molar refractivity (Wildman–Crippen MR) is 129 cm³/mol. The molecule has 3 heterocycles. The van der Waals surface area contributed by atoms with E-state index >= 15 is 0 Å². The summed E-state index contributed by atoms with van der Waals surface area (Å²) in [6, 6.07) is 16.7. The minimum atomic E-state index is -0.325. The van der Waals surface area contributed by atoms with Gasteiger partial charge in [0.1, 0.15) is 18.1 Å². The Morgan fingerprint density at radius 2 is 1.88 bits per heavy atom. The number of hydrogen-bond donors (Lipinski definition) is 0. The van der Waals surface area contributed by atoms with E-state index in [0.29, 0.717) is 23.2 Å². The Morgan fingerprint density at radius 3 is 2.65 bits per heavy atom. The lowest BCUT2D eigenvalue weighted by Gasteiger charge is -2.22. The van der Waals surface area contributed by atoms with E-state index in [1.165, 1.54) is 0 Å². The van der Waals surface area contributed by atoms with Crippen molar-refractivity contribution < 1.29 is 14.2 Å². The van der Waals surface area contributed by atoms with Crippen molar-refractivity contribution in [2.24, 2.45) is 0 Å². The van der Waals surface area contributed by atoms with E-state index in [-0.39, 0.29) is 18.2 Å². The molecule has 34 heavy (non-hydrogen) atoms. The van der Waals surface area contributed by atoms with Crippen LogP contribution >= 0.6 is 11.6 Å². The smallest absolute Gasteiger partial charge is 0.351 e. The molecule has 0 saturated heterocycles. The molecule has 0 unspecified atom stereocenters. The second-order valence-corrected chi connectivity index (χ2v) is 8.40. The van der Waals surface area contributed by atoms with Crippen molar-refractivity contribution in [3.05, 3.63) is 93.0 Å². The Kier molecular flexibility index (Phi) is 5.94. The number of benzene rings is 2. The predicted octanol–water partition coefficient (Wildman–Crippen LogP) is 5.20. The molecule has 0 amide bonds. The zero-order valence-corrected chi connectivity index (χ0v) is 19.5. The van der Waals surface area contributed by atoms with E-state index in [1.54, 1.807) is 42.1 Å². The molecule has 0 radical (unpaired) electrons. The quantitative estimate of drug-likeness (QED) is 0.381. The third-order valence-electron chi connectivity index (χ3n) is 5.72. The van der Waals surface area contributed by atoms with Gasteiger partial charge in [0.05, 0.1) is 12.8 Å². The SMILES string of the molecule is COc1ccc2c(c1)CCn1c-2cc(OCc2ccc(Oc3ccc(Cl)c(C)c3)nc2)nc1=O. The maximum absolute atomic E-state index is 12.6. The molecule has 172 valence electrons. The number of hydrogen-bond acceptors (Lipinski definition) is 6. The average molecular weight is 476 g/mol. The van der Waals surface area contributed by atoms with Crippen molar-refractivity contribution in [2.45, 2.75) is 26.5 Å². The van der Waals surface area contributed by atoms with E-state index in [2.05, 4.69) is 9.97 Å². The summed E-state index contributed by atoms with van der Waals surface area (Å²) in [7, 11) is 1.64. The van der Waals surface area contributed by atoms with Crippen molar-refractivity contribution in [2.75, 3.05) is 7.11 Å². The number of aromatic nitrogens is 3. The minimum absolute atomic E-state index is 0.221. The fourth-order valence-corrected chi connectivity index (χ4v) is 4.02. The van der Waals surface area contributed by atoms with Crippen LogP contribution in [0.3, 0.4) is 0 Å². The second kappa shape index (κ2) is 9.19. The first-order valence-corrected chi connectivity index (χ1v) is 11.2. The van der Waals surface area contributed by atoms with Crippen molar-refractivity contribution in [3.8, 4) is 34.5 Å². The first kappa shape index (κ1) is 22.0. The van der Waals surface area contributed by atoms with Crippen LogP contribution in [0.2, 0.25) is 5.02 Å². The molecule has 1 aliphatic rings. The summed E-state index contributed by atoms with van der Waals surface area (Å²) in [5, 5.41) is 0.687. The van der Waals surface area contributed by atoms with Gasteiger partial charge in [0.25, 0.3) is 0 Å². The van der Waals surface area contributed by atoms with E-state index in [9.17, 15) is 4.79 Å². The van der Waals surface area contributed by atoms with Gasteiger partial charge >= 0.3 is 5.69 Å². The summed E-state index contributed by atoms with van der Waals surface area (Å²) in [6.07, 6.45) is 2.42. The molecule has 0 bridgehead atoms. The van der Waals surface area contributed by atoms with Gasteiger partial charge in [0, 0.05) is 41.0 Å². The zero-order chi connectivity index (χ0) is 23.7. The highest BCUT2D eigenvalue weighted by atomic mass is 35.5. The number of pyridine rings is 1. The van der Waals surface area contributed by atoms with Gasteiger partial charge in [-0.05, 0) is 66.9 Å². The number of rotatable bonds is 6. The number of fused-ring (bicyclic) bond motifs is 3. The normalized spacial score (nSPS) is 12.0. The third kappa shape index (κ3) is 4.47. The average Bonchev–Trinajstić information content (AvgIpc) is 2.85. The Hall–Kier alpha value is -3.84. The lowest BCUT2D eigenvalue weighted by atomic mass is 9.97. The Morgan fingerprint density at radius 1 is 1.03 bits per heavy atom. The second-order valence-electron chi connectivity index (χ2n) is 7.99. The van der Waals surface area contributed by atoms with Crippen molar-refractivity contribution in [1.29, 1.82) is 0 Å². The molecule has 2 aromatic carbocycles. The standard InChI is InChI=1S/C26H22ClN3O4/c1-16-11-20(5-7-22(16)27)34-24-8-3-17(14-28-24)15-33-25-13-23-21-6-4-19(32-2)12-18(21)9-10-30(23)26(31)29-25/h3-8,11-14H,9-10,15H2,1-2H3. The molecule has 0 fully saturated rings. The molecule has 0 saturated carbocycles. The van der Waals surface area contributed by atoms with E-state index in [1.807, 2.05) is 37.3 Å². The number of ether oxygens (including phenoxy) is 3. The van der Waals surface area contributed by atoms with Gasteiger partial charge in [-0.15, -0.1) is 0 Å². The number of aryl methyl sites for hydroxylation is 2. The van der Waals surface area contributed by atoms with Gasteiger partial charge < -0.3 is 14.2 Å². The summed E-state index contributed by atoms with van der Waals surface area (Å²) in [5.74, 6) is 2.20. The van der Waals surface area contributed by atoms with Crippen LogP contribution in [0.1, 0.15) is 16.7 Å². The Labute approximate surface area is 201 Å². The van der Waals surface area contributed by atoms with Crippen LogP contribution in [0.5, 0.6) is 23.3 Å². The first-order valence-electron chi connectivity index (χ1n) is 10.8. The number of nitrogens with zero attached hydrogens (tertiary/aromatic N) is 3. The monoisotopic (exact) mass is 475 g/mol. The molecule has 0 spiro atoms. The van der Waals surface area contributed by atoms with Crippen molar-refractivity contribution in [1.82, 2.24) is 14.5 Å². The molecular weight excluding hydrogens is 454 g/mol. The summed E-state index contributed by atoms with van der Waals surface area (Å²) >= 11 is 6.06. The van der Waals surface area contributed by atoms with Crippen LogP contribution in [0, 0.1) is 6.92 Å². The Balaban J connectivity index is 1.30. The maximum atomic E-state index is 12.6. The molecule has 1 aliphatic heterocycles. The van der Waals surface area contributed by atoms with E-state index < -0.39 is 0 Å². The third-order valence-corrected chi connectivity index (χ3v) is 6.14. The molecule has 2 aromatic heterocycles. The summed E-state index contributed by atoms with van der Waals surface area (Å²) in [4.78, 5) is 21.0. The van der Waals surface area contributed by atoms with Crippen molar-refractivity contribution in [3.63, 3.8) is 0 Å². The van der Waals surface area contributed by atoms with Gasteiger partial charge in [-0.25, -0.2) is 9.78 Å². The molecule has 0 aliphatic carbocycles. The minimum Gasteiger partial charge on any atom is -0.497 e. The van der Waals surface area contributed by atoms with Gasteiger partial charge in [0.15, 0.2) is 0 Å². The van der Waals surface area contributed by atoms with Crippen LogP contribution in [-0.2, 0) is 19.6 Å². The van der Waals surface area contributed by atoms with Crippen LogP contribution in [0.15, 0.2) is 65.6 Å². The topological polar surface area (TPSA) is 75.5 Å². The van der Waals surface area contributed by atoms with Gasteiger partial charge in [0.2, 0.25) is 11.8 Å². The summed E-state index contributed by atoms with van der Waals surface area (Å²) in [6.45, 7) is 2.71. The highest BCUT2D eigenvalue weighted by Gasteiger charge is 2.19. The number of methoxy groups -OCH3 is 1. The summed E-state index contributed by atoms with van der Waals surface area (Å²) < 4.78 is 18.6. The van der Waals surface area contributed by atoms with Gasteiger partial charge in [-0.2, -0.15) is 4.98 Å². The first-order chi connectivity index (χ1) is 16.5. The van der Waals surface area contributed by atoms with Gasteiger partial charge in [-0.1, -0.05) is 11.6 Å². The van der Waals surface area contributed by atoms with Crippen LogP contribution < -0.4 is 19.9 Å². The molecule has 0 atom stereocenters. The molecule has 8 heteroatoms. The van der Waals surface area contributed by atoms with Crippen LogP contribution in [0.25, 0.3) is 11.3 Å². The highest BCUT2D eigenvalue weighted by molar-refractivity contribution is 6.31.